The van der Waals surface area contributed by atoms with Crippen LogP contribution in [0.3, 0.4) is 0 Å². The van der Waals surface area contributed by atoms with Crippen LogP contribution in [0, 0.1) is 17.0 Å². The van der Waals surface area contributed by atoms with Gasteiger partial charge in [0.15, 0.2) is 0 Å². The third kappa shape index (κ3) is 5.60. The molecule has 2 aromatic rings. The van der Waals surface area contributed by atoms with Crippen LogP contribution in [0.5, 0.6) is 0 Å². The topological polar surface area (TPSA) is 110 Å². The van der Waals surface area contributed by atoms with Crippen molar-refractivity contribution in [2.75, 3.05) is 22.4 Å². The number of carbonyl (C=O) groups is 1. The molecule has 0 radical (unpaired) electrons. The zero-order valence-electron chi connectivity index (χ0n) is 15.5. The highest BCUT2D eigenvalue weighted by Crippen LogP contribution is 2.36. The molecule has 0 unspecified atom stereocenters. The highest BCUT2D eigenvalue weighted by Gasteiger charge is 2.34. The van der Waals surface area contributed by atoms with Crippen molar-refractivity contribution in [1.29, 1.82) is 0 Å². The molecule has 162 valence electrons. The Morgan fingerprint density at radius 3 is 2.40 bits per heavy atom. The summed E-state index contributed by atoms with van der Waals surface area (Å²) >= 11 is 5.59. The van der Waals surface area contributed by atoms with Gasteiger partial charge in [0, 0.05) is 17.2 Å². The molecule has 0 bridgehead atoms. The number of carbonyl (C=O) groups excluding carboxylic acids is 1. The summed E-state index contributed by atoms with van der Waals surface area (Å²) in [5, 5.41) is 12.8. The summed E-state index contributed by atoms with van der Waals surface area (Å²) in [6, 6.07) is 6.11. The fraction of sp³-hybridized carbons (Fsp3) is 0.235. The van der Waals surface area contributed by atoms with Gasteiger partial charge in [-0.2, -0.15) is 13.2 Å². The Kier molecular flexibility index (Phi) is 6.62. The van der Waals surface area contributed by atoms with Gasteiger partial charge in [-0.05, 0) is 30.7 Å². The third-order valence-electron chi connectivity index (χ3n) is 3.92. The van der Waals surface area contributed by atoms with Gasteiger partial charge in [0.2, 0.25) is 15.9 Å². The van der Waals surface area contributed by atoms with Gasteiger partial charge in [0.05, 0.1) is 28.1 Å². The maximum Gasteiger partial charge on any atom is 0.418 e. The van der Waals surface area contributed by atoms with E-state index < -0.39 is 50.5 Å². The first-order valence-electron chi connectivity index (χ1n) is 8.09. The monoisotopic (exact) mass is 465 g/mol. The Bertz CT molecular complexity index is 1110. The van der Waals surface area contributed by atoms with Crippen LogP contribution < -0.4 is 9.62 Å². The normalized spacial score (nSPS) is 11.8. The second-order valence-electron chi connectivity index (χ2n) is 6.23. The van der Waals surface area contributed by atoms with E-state index in [2.05, 4.69) is 0 Å². The minimum absolute atomic E-state index is 0.144. The number of nitrogens with one attached hydrogen (secondary N) is 1. The lowest BCUT2D eigenvalue weighted by Crippen LogP contribution is -2.38. The number of rotatable bonds is 6. The third-order valence-corrected chi connectivity index (χ3v) is 5.28. The predicted molar refractivity (Wildman–Crippen MR) is 105 cm³/mol. The summed E-state index contributed by atoms with van der Waals surface area (Å²) < 4.78 is 64.5. The van der Waals surface area contributed by atoms with Crippen LogP contribution in [0.25, 0.3) is 0 Å². The van der Waals surface area contributed by atoms with E-state index in [0.29, 0.717) is 15.9 Å². The number of anilines is 2. The van der Waals surface area contributed by atoms with Crippen molar-refractivity contribution in [2.24, 2.45) is 0 Å². The first-order valence-corrected chi connectivity index (χ1v) is 10.3. The number of sulfonamides is 1. The van der Waals surface area contributed by atoms with Crippen LogP contribution in [0.1, 0.15) is 11.1 Å². The zero-order chi connectivity index (χ0) is 22.9. The molecule has 30 heavy (non-hydrogen) atoms. The highest BCUT2D eigenvalue weighted by molar-refractivity contribution is 7.92. The van der Waals surface area contributed by atoms with E-state index in [9.17, 15) is 36.5 Å². The molecule has 13 heteroatoms. The molecule has 0 atom stereocenters. The van der Waals surface area contributed by atoms with Crippen molar-refractivity contribution in [2.45, 2.75) is 13.1 Å². The minimum Gasteiger partial charge on any atom is -0.324 e. The molecular formula is C17H15ClF3N3O5S. The predicted octanol–water partition coefficient (Wildman–Crippen LogP) is 3.98. The summed E-state index contributed by atoms with van der Waals surface area (Å²) in [6.07, 6.45) is -4.05. The fourth-order valence-corrected chi connectivity index (χ4v) is 3.62. The quantitative estimate of drug-likeness (QED) is 0.512. The second kappa shape index (κ2) is 8.48. The van der Waals surface area contributed by atoms with Crippen molar-refractivity contribution >= 4 is 44.6 Å². The van der Waals surface area contributed by atoms with Crippen molar-refractivity contribution in [3.05, 3.63) is 62.7 Å². The molecule has 0 aliphatic carbocycles. The van der Waals surface area contributed by atoms with Crippen LogP contribution in [0.4, 0.5) is 30.2 Å². The van der Waals surface area contributed by atoms with Gasteiger partial charge in [-0.3, -0.25) is 19.2 Å². The maximum absolute atomic E-state index is 13.2. The van der Waals surface area contributed by atoms with E-state index in [4.69, 9.17) is 11.6 Å². The van der Waals surface area contributed by atoms with Gasteiger partial charge in [-0.15, -0.1) is 0 Å². The van der Waals surface area contributed by atoms with Gasteiger partial charge in [-0.25, -0.2) is 8.42 Å². The Hall–Kier alpha value is -2.86. The number of nitrogens with zero attached hydrogens (tertiary/aromatic N) is 2. The van der Waals surface area contributed by atoms with E-state index in [1.807, 2.05) is 5.32 Å². The average molecular weight is 466 g/mol. The molecule has 0 spiro atoms. The van der Waals surface area contributed by atoms with Crippen LogP contribution in [-0.4, -0.2) is 32.0 Å². The number of benzene rings is 2. The second-order valence-corrected chi connectivity index (χ2v) is 8.58. The molecule has 0 aliphatic rings. The van der Waals surface area contributed by atoms with Gasteiger partial charge in [0.25, 0.3) is 5.69 Å². The molecule has 0 saturated heterocycles. The van der Waals surface area contributed by atoms with Crippen molar-refractivity contribution in [1.82, 2.24) is 0 Å². The number of halogens is 4. The average Bonchev–Trinajstić information content (AvgIpc) is 2.60. The number of hydrogen-bond donors (Lipinski definition) is 1. The van der Waals surface area contributed by atoms with Crippen LogP contribution >= 0.6 is 11.6 Å². The van der Waals surface area contributed by atoms with Crippen LogP contribution in [-0.2, 0) is 21.0 Å². The lowest BCUT2D eigenvalue weighted by atomic mass is 10.1. The van der Waals surface area contributed by atoms with Crippen LogP contribution in [0.15, 0.2) is 36.4 Å². The number of nitro benzene ring substituents is 1. The number of aryl methyl sites for hydroxylation is 1. The van der Waals surface area contributed by atoms with E-state index >= 15 is 0 Å². The van der Waals surface area contributed by atoms with Gasteiger partial charge >= 0.3 is 6.18 Å². The molecule has 0 heterocycles. The van der Waals surface area contributed by atoms with Crippen LogP contribution in [0.2, 0.25) is 5.02 Å². The largest absolute Gasteiger partial charge is 0.418 e. The van der Waals surface area contributed by atoms with Crippen molar-refractivity contribution < 1.29 is 31.3 Å². The summed E-state index contributed by atoms with van der Waals surface area (Å²) in [7, 11) is -4.11. The molecule has 1 N–H and O–H groups in total. The van der Waals surface area contributed by atoms with E-state index in [1.165, 1.54) is 13.0 Å². The minimum atomic E-state index is -4.82. The molecule has 0 fully saturated rings. The number of amides is 1. The molecule has 2 rings (SSSR count). The molecule has 0 saturated carbocycles. The van der Waals surface area contributed by atoms with Gasteiger partial charge < -0.3 is 5.32 Å². The maximum atomic E-state index is 13.2. The Labute approximate surface area is 174 Å². The Morgan fingerprint density at radius 1 is 1.23 bits per heavy atom. The summed E-state index contributed by atoms with van der Waals surface area (Å²) in [6.45, 7) is 0.566. The summed E-state index contributed by atoms with van der Waals surface area (Å²) in [4.78, 5) is 22.6. The van der Waals surface area contributed by atoms with E-state index in [0.717, 1.165) is 30.5 Å². The number of nitro groups is 1. The number of hydrogen-bond acceptors (Lipinski definition) is 5. The van der Waals surface area contributed by atoms with Crippen molar-refractivity contribution in [3.63, 3.8) is 0 Å². The van der Waals surface area contributed by atoms with E-state index in [-0.39, 0.29) is 10.7 Å². The fourth-order valence-electron chi connectivity index (χ4n) is 2.54. The highest BCUT2D eigenvalue weighted by atomic mass is 35.5. The summed E-state index contributed by atoms with van der Waals surface area (Å²) in [5.74, 6) is -1.08. The molecule has 0 aromatic heterocycles. The smallest absolute Gasteiger partial charge is 0.324 e. The first kappa shape index (κ1) is 23.4. The molecule has 0 aliphatic heterocycles. The number of alkyl halides is 3. The lowest BCUT2D eigenvalue weighted by Gasteiger charge is -2.24. The van der Waals surface area contributed by atoms with Gasteiger partial charge in [-0.1, -0.05) is 17.7 Å². The van der Waals surface area contributed by atoms with E-state index in [1.54, 1.807) is 0 Å². The van der Waals surface area contributed by atoms with Gasteiger partial charge in [0.1, 0.15) is 6.54 Å². The molecule has 2 aromatic carbocycles. The Morgan fingerprint density at radius 2 is 1.87 bits per heavy atom. The van der Waals surface area contributed by atoms with Crippen molar-refractivity contribution in [3.8, 4) is 0 Å². The first-order chi connectivity index (χ1) is 13.7. The molecule has 8 nitrogen and oxygen atoms in total. The lowest BCUT2D eigenvalue weighted by molar-refractivity contribution is -0.384. The standard InChI is InChI=1S/C17H15ClF3N3O5S/c1-10-3-5-12(24(26)27)8-15(10)23(30(2,28)29)9-16(25)22-14-6-4-11(18)7-13(14)17(19,20)21/h3-8H,9H2,1-2H3,(H,22,25). The zero-order valence-corrected chi connectivity index (χ0v) is 17.1. The summed E-state index contributed by atoms with van der Waals surface area (Å²) in [5.41, 5.74) is -2.07. The molecule has 1 amide bonds. The Balaban J connectivity index is 2.40. The molecular weight excluding hydrogens is 451 g/mol. The number of non-ortho nitro benzene ring substituents is 1. The SMILES string of the molecule is Cc1ccc([N+](=O)[O-])cc1N(CC(=O)Nc1ccc(Cl)cc1C(F)(F)F)S(C)(=O)=O.